The third kappa shape index (κ3) is 3.61. The van der Waals surface area contributed by atoms with Gasteiger partial charge < -0.3 is 0 Å². The first-order valence-electron chi connectivity index (χ1n) is 6.32. The fourth-order valence-electron chi connectivity index (χ4n) is 2.51. The van der Waals surface area contributed by atoms with E-state index in [1.54, 1.807) is 0 Å². The fraction of sp³-hybridized carbons (Fsp3) is 0.833. The van der Waals surface area contributed by atoms with Crippen LogP contribution in [0.1, 0.15) is 69.4 Å². The molecule has 1 atom stereocenters. The standard InChI is InChI=1S/C12H21N2P/c1-2-4-6-8-11(9-7-5-3-1)12-10-13-15-14-12/h10-11,15H,1-9H2. The minimum atomic E-state index is 0.464. The molecule has 0 radical (unpaired) electrons. The molecule has 15 heavy (non-hydrogen) atoms. The number of nitrogens with zero attached hydrogens (tertiary/aromatic N) is 2. The summed E-state index contributed by atoms with van der Waals surface area (Å²) in [6.45, 7) is 0. The first-order valence-corrected chi connectivity index (χ1v) is 7.22. The van der Waals surface area contributed by atoms with Gasteiger partial charge in [0, 0.05) is 5.92 Å². The molecule has 0 bridgehead atoms. The van der Waals surface area contributed by atoms with E-state index < -0.39 is 0 Å². The second kappa shape index (κ2) is 6.27. The van der Waals surface area contributed by atoms with Crippen LogP contribution in [0.15, 0.2) is 6.20 Å². The maximum atomic E-state index is 4.51. The lowest BCUT2D eigenvalue weighted by atomic mass is 9.90. The summed E-state index contributed by atoms with van der Waals surface area (Å²) in [5, 5.41) is 0. The Kier molecular flexibility index (Phi) is 4.66. The van der Waals surface area contributed by atoms with Gasteiger partial charge in [-0.1, -0.05) is 44.9 Å². The Morgan fingerprint density at radius 1 is 0.933 bits per heavy atom. The van der Waals surface area contributed by atoms with Crippen LogP contribution in [0, 0.1) is 0 Å². The molecule has 0 aliphatic heterocycles. The molecule has 0 N–H and O–H groups in total. The molecule has 3 heteroatoms. The van der Waals surface area contributed by atoms with E-state index >= 15 is 0 Å². The third-order valence-corrected chi connectivity index (χ3v) is 4.06. The van der Waals surface area contributed by atoms with Crippen molar-refractivity contribution >= 4 is 8.51 Å². The Bertz CT molecular complexity index is 249. The minimum Gasteiger partial charge on any atom is -0.228 e. The van der Waals surface area contributed by atoms with Crippen molar-refractivity contribution in [2.45, 2.75) is 63.7 Å². The van der Waals surface area contributed by atoms with Crippen LogP contribution in [-0.4, -0.2) is 9.49 Å². The average molecular weight is 224 g/mol. The van der Waals surface area contributed by atoms with E-state index in [4.69, 9.17) is 0 Å². The largest absolute Gasteiger partial charge is 0.228 e. The highest BCUT2D eigenvalue weighted by Gasteiger charge is 2.14. The van der Waals surface area contributed by atoms with Crippen molar-refractivity contribution < 1.29 is 0 Å². The molecule has 1 aromatic rings. The van der Waals surface area contributed by atoms with E-state index in [9.17, 15) is 0 Å². The zero-order chi connectivity index (χ0) is 10.3. The molecular weight excluding hydrogens is 203 g/mol. The highest BCUT2D eigenvalue weighted by Crippen LogP contribution is 2.29. The summed E-state index contributed by atoms with van der Waals surface area (Å²) in [4.78, 5) is 0. The SMILES string of the molecule is c1n[pH]nc1C1CCCCCCCCC1. The van der Waals surface area contributed by atoms with E-state index in [-0.39, 0.29) is 0 Å². The molecular formula is C12H21N2P. The van der Waals surface area contributed by atoms with Gasteiger partial charge in [-0.15, -0.1) is 0 Å². The molecule has 1 aliphatic rings. The van der Waals surface area contributed by atoms with Gasteiger partial charge >= 0.3 is 0 Å². The molecule has 1 aromatic heterocycles. The van der Waals surface area contributed by atoms with Gasteiger partial charge in [0.25, 0.3) is 0 Å². The molecule has 1 fully saturated rings. The molecule has 1 saturated carbocycles. The lowest BCUT2D eigenvalue weighted by Gasteiger charge is -2.16. The van der Waals surface area contributed by atoms with Gasteiger partial charge in [0.2, 0.25) is 0 Å². The normalized spacial score (nSPS) is 21.9. The van der Waals surface area contributed by atoms with Crippen molar-refractivity contribution in [2.75, 3.05) is 0 Å². The Balaban J connectivity index is 1.90. The zero-order valence-electron chi connectivity index (χ0n) is 9.41. The van der Waals surface area contributed by atoms with E-state index in [2.05, 4.69) is 9.49 Å². The molecule has 0 saturated heterocycles. The molecule has 1 aliphatic carbocycles. The predicted molar refractivity (Wildman–Crippen MR) is 65.8 cm³/mol. The fourth-order valence-corrected chi connectivity index (χ4v) is 3.12. The molecule has 1 unspecified atom stereocenters. The Labute approximate surface area is 94.1 Å². The van der Waals surface area contributed by atoms with E-state index in [1.807, 2.05) is 6.20 Å². The van der Waals surface area contributed by atoms with Crippen LogP contribution in [0.4, 0.5) is 0 Å². The first kappa shape index (κ1) is 11.1. The van der Waals surface area contributed by atoms with Gasteiger partial charge in [0.05, 0.1) is 20.4 Å². The van der Waals surface area contributed by atoms with Crippen molar-refractivity contribution in [3.8, 4) is 0 Å². The molecule has 0 aromatic carbocycles. The second-order valence-electron chi connectivity index (χ2n) is 4.64. The van der Waals surface area contributed by atoms with E-state index in [0.29, 0.717) is 8.51 Å². The van der Waals surface area contributed by atoms with Crippen molar-refractivity contribution in [2.24, 2.45) is 0 Å². The summed E-state index contributed by atoms with van der Waals surface area (Å²) < 4.78 is 8.74. The second-order valence-corrected chi connectivity index (χ2v) is 5.33. The number of hydrogen-bond acceptors (Lipinski definition) is 2. The lowest BCUT2D eigenvalue weighted by molar-refractivity contribution is 0.458. The van der Waals surface area contributed by atoms with Crippen molar-refractivity contribution in [3.05, 3.63) is 11.9 Å². The quantitative estimate of drug-likeness (QED) is 0.717. The summed E-state index contributed by atoms with van der Waals surface area (Å²) in [5.41, 5.74) is 1.30. The van der Waals surface area contributed by atoms with Crippen molar-refractivity contribution in [1.29, 1.82) is 0 Å². The van der Waals surface area contributed by atoms with Crippen LogP contribution in [0.25, 0.3) is 0 Å². The number of rotatable bonds is 1. The lowest BCUT2D eigenvalue weighted by Crippen LogP contribution is -2.01. The smallest absolute Gasteiger partial charge is 0.0677 e. The Hall–Kier alpha value is -0.360. The Morgan fingerprint density at radius 3 is 2.07 bits per heavy atom. The summed E-state index contributed by atoms with van der Waals surface area (Å²) in [6, 6.07) is 0. The van der Waals surface area contributed by atoms with Crippen LogP contribution in [0.3, 0.4) is 0 Å². The summed E-state index contributed by atoms with van der Waals surface area (Å²) in [5.74, 6) is 0.724. The average Bonchev–Trinajstić information content (AvgIpc) is 2.79. The maximum absolute atomic E-state index is 4.51. The first-order chi connectivity index (χ1) is 7.47. The van der Waals surface area contributed by atoms with Crippen molar-refractivity contribution in [1.82, 2.24) is 9.49 Å². The molecule has 84 valence electrons. The van der Waals surface area contributed by atoms with Gasteiger partial charge in [-0.3, -0.25) is 0 Å². The topological polar surface area (TPSA) is 25.8 Å². The molecule has 0 spiro atoms. The van der Waals surface area contributed by atoms with Gasteiger partial charge in [-0.25, -0.2) is 9.49 Å². The zero-order valence-corrected chi connectivity index (χ0v) is 10.4. The van der Waals surface area contributed by atoms with Crippen molar-refractivity contribution in [3.63, 3.8) is 0 Å². The number of hydrogen-bond donors (Lipinski definition) is 0. The summed E-state index contributed by atoms with van der Waals surface area (Å²) in [6.07, 6.45) is 14.7. The molecule has 0 amide bonds. The minimum absolute atomic E-state index is 0.464. The number of aromatic nitrogens is 2. The Morgan fingerprint density at radius 2 is 1.53 bits per heavy atom. The molecule has 2 rings (SSSR count). The van der Waals surface area contributed by atoms with Crippen LogP contribution in [-0.2, 0) is 0 Å². The van der Waals surface area contributed by atoms with Gasteiger partial charge in [0.1, 0.15) is 0 Å². The summed E-state index contributed by atoms with van der Waals surface area (Å²) in [7, 11) is 0.464. The predicted octanol–water partition coefficient (Wildman–Crippen LogP) is 4.12. The monoisotopic (exact) mass is 224 g/mol. The van der Waals surface area contributed by atoms with Crippen LogP contribution < -0.4 is 0 Å². The third-order valence-electron chi connectivity index (χ3n) is 3.46. The van der Waals surface area contributed by atoms with Crippen LogP contribution in [0.2, 0.25) is 0 Å². The summed E-state index contributed by atoms with van der Waals surface area (Å²) >= 11 is 0. The molecule has 2 nitrogen and oxygen atoms in total. The van der Waals surface area contributed by atoms with Gasteiger partial charge in [-0.2, -0.15) is 0 Å². The van der Waals surface area contributed by atoms with Crippen LogP contribution in [0.5, 0.6) is 0 Å². The maximum Gasteiger partial charge on any atom is 0.0677 e. The van der Waals surface area contributed by atoms with Crippen LogP contribution >= 0.6 is 8.51 Å². The van der Waals surface area contributed by atoms with Gasteiger partial charge in [0.15, 0.2) is 0 Å². The highest BCUT2D eigenvalue weighted by atomic mass is 31.1. The van der Waals surface area contributed by atoms with E-state index in [0.717, 1.165) is 5.92 Å². The van der Waals surface area contributed by atoms with Gasteiger partial charge in [-0.05, 0) is 12.8 Å². The highest BCUT2D eigenvalue weighted by molar-refractivity contribution is 7.20. The van der Waals surface area contributed by atoms with E-state index in [1.165, 1.54) is 63.5 Å². The molecule has 1 heterocycles.